The van der Waals surface area contributed by atoms with Gasteiger partial charge in [-0.1, -0.05) is 0 Å². The molecular weight excluding hydrogens is 400 g/mol. The highest BCUT2D eigenvalue weighted by molar-refractivity contribution is 9.10. The third-order valence-corrected chi connectivity index (χ3v) is 4.91. The van der Waals surface area contributed by atoms with E-state index in [1.165, 1.54) is 0 Å². The Morgan fingerprint density at radius 2 is 1.96 bits per heavy atom. The van der Waals surface area contributed by atoms with Gasteiger partial charge in [0.25, 0.3) is 5.91 Å². The van der Waals surface area contributed by atoms with Crippen molar-refractivity contribution in [3.05, 3.63) is 46.4 Å². The Morgan fingerprint density at radius 3 is 2.62 bits per heavy atom. The largest absolute Gasteiger partial charge is 0.497 e. The van der Waals surface area contributed by atoms with Gasteiger partial charge in [0.2, 0.25) is 5.91 Å². The number of carbonyl (C=O) groups excluding carboxylic acids is 2. The lowest BCUT2D eigenvalue weighted by Gasteiger charge is -2.19. The van der Waals surface area contributed by atoms with E-state index < -0.39 is 0 Å². The molecule has 1 aliphatic heterocycles. The van der Waals surface area contributed by atoms with Crippen LogP contribution in [0.1, 0.15) is 23.2 Å². The van der Waals surface area contributed by atoms with Gasteiger partial charge in [0.15, 0.2) is 0 Å². The third kappa shape index (κ3) is 3.67. The van der Waals surface area contributed by atoms with E-state index >= 15 is 0 Å². The lowest BCUT2D eigenvalue weighted by atomic mass is 10.2. The van der Waals surface area contributed by atoms with Gasteiger partial charge in [0.1, 0.15) is 11.5 Å². The van der Waals surface area contributed by atoms with Crippen molar-refractivity contribution in [2.45, 2.75) is 12.8 Å². The molecule has 0 bridgehead atoms. The van der Waals surface area contributed by atoms with Crippen LogP contribution in [0.4, 0.5) is 11.4 Å². The summed E-state index contributed by atoms with van der Waals surface area (Å²) in [5.74, 6) is 0.949. The molecule has 1 saturated heterocycles. The Kier molecular flexibility index (Phi) is 5.46. The first-order valence-corrected chi connectivity index (χ1v) is 8.96. The number of rotatable bonds is 5. The second kappa shape index (κ2) is 7.78. The third-order valence-electron chi connectivity index (χ3n) is 4.22. The minimum absolute atomic E-state index is 0.0837. The van der Waals surface area contributed by atoms with Gasteiger partial charge in [-0.15, -0.1) is 0 Å². The molecule has 0 atom stereocenters. The summed E-state index contributed by atoms with van der Waals surface area (Å²) >= 11 is 3.38. The van der Waals surface area contributed by atoms with Crippen molar-refractivity contribution in [2.24, 2.45) is 0 Å². The standard InChI is InChI=1S/C19H19BrN2O4/c1-25-13-6-7-15(20)14(11-13)19(24)21-12-5-8-16(17(10-12)26-2)22-9-3-4-18(22)23/h5-8,10-11H,3-4,9H2,1-2H3,(H,21,24). The first kappa shape index (κ1) is 18.3. The highest BCUT2D eigenvalue weighted by atomic mass is 79.9. The summed E-state index contributed by atoms with van der Waals surface area (Å²) in [6.07, 6.45) is 1.38. The van der Waals surface area contributed by atoms with Crippen molar-refractivity contribution >= 4 is 39.1 Å². The number of halogens is 1. The molecule has 26 heavy (non-hydrogen) atoms. The average molecular weight is 419 g/mol. The maximum Gasteiger partial charge on any atom is 0.256 e. The summed E-state index contributed by atoms with van der Waals surface area (Å²) < 4.78 is 11.3. The van der Waals surface area contributed by atoms with Crippen LogP contribution in [0.3, 0.4) is 0 Å². The summed E-state index contributed by atoms with van der Waals surface area (Å²) in [5, 5.41) is 2.85. The molecule has 0 saturated carbocycles. The normalized spacial score (nSPS) is 13.7. The van der Waals surface area contributed by atoms with E-state index in [9.17, 15) is 9.59 Å². The monoisotopic (exact) mass is 418 g/mol. The number of nitrogens with one attached hydrogen (secondary N) is 1. The fourth-order valence-corrected chi connectivity index (χ4v) is 3.31. The Hall–Kier alpha value is -2.54. The number of ether oxygens (including phenoxy) is 2. The minimum atomic E-state index is -0.275. The number of anilines is 2. The zero-order chi connectivity index (χ0) is 18.7. The number of nitrogens with zero attached hydrogens (tertiary/aromatic N) is 1. The van der Waals surface area contributed by atoms with Crippen molar-refractivity contribution < 1.29 is 19.1 Å². The number of benzene rings is 2. The molecule has 1 fully saturated rings. The molecule has 6 nitrogen and oxygen atoms in total. The molecule has 2 aromatic carbocycles. The van der Waals surface area contributed by atoms with E-state index in [4.69, 9.17) is 9.47 Å². The SMILES string of the molecule is COc1ccc(Br)c(C(=O)Nc2ccc(N3CCCC3=O)c(OC)c2)c1. The van der Waals surface area contributed by atoms with Gasteiger partial charge in [0, 0.05) is 29.2 Å². The Labute approximate surface area is 160 Å². The smallest absolute Gasteiger partial charge is 0.256 e. The summed E-state index contributed by atoms with van der Waals surface area (Å²) in [4.78, 5) is 26.3. The maximum atomic E-state index is 12.6. The fraction of sp³-hybridized carbons (Fsp3) is 0.263. The molecule has 0 radical (unpaired) electrons. The summed E-state index contributed by atoms with van der Waals surface area (Å²) in [6.45, 7) is 0.678. The van der Waals surface area contributed by atoms with Crippen LogP contribution >= 0.6 is 15.9 Å². The van der Waals surface area contributed by atoms with Gasteiger partial charge in [-0.05, 0) is 52.7 Å². The lowest BCUT2D eigenvalue weighted by molar-refractivity contribution is -0.117. The Bertz CT molecular complexity index is 853. The topological polar surface area (TPSA) is 67.9 Å². The molecule has 3 rings (SSSR count). The molecule has 0 aromatic heterocycles. The molecule has 1 aliphatic rings. The average Bonchev–Trinajstić information content (AvgIpc) is 3.07. The van der Waals surface area contributed by atoms with Crippen molar-refractivity contribution in [3.63, 3.8) is 0 Å². The van der Waals surface area contributed by atoms with Gasteiger partial charge in [-0.3, -0.25) is 9.59 Å². The van der Waals surface area contributed by atoms with Gasteiger partial charge >= 0.3 is 0 Å². The molecule has 0 unspecified atom stereocenters. The second-order valence-corrected chi connectivity index (χ2v) is 6.69. The van der Waals surface area contributed by atoms with E-state index in [1.54, 1.807) is 55.5 Å². The first-order chi connectivity index (χ1) is 12.5. The van der Waals surface area contributed by atoms with Crippen LogP contribution in [0.2, 0.25) is 0 Å². The van der Waals surface area contributed by atoms with Crippen LogP contribution in [0, 0.1) is 0 Å². The van der Waals surface area contributed by atoms with Crippen molar-refractivity contribution in [1.29, 1.82) is 0 Å². The molecule has 1 heterocycles. The zero-order valence-corrected chi connectivity index (χ0v) is 16.1. The first-order valence-electron chi connectivity index (χ1n) is 8.17. The highest BCUT2D eigenvalue weighted by Crippen LogP contribution is 2.34. The second-order valence-electron chi connectivity index (χ2n) is 5.84. The van der Waals surface area contributed by atoms with Gasteiger partial charge in [-0.2, -0.15) is 0 Å². The maximum absolute atomic E-state index is 12.6. The summed E-state index contributed by atoms with van der Waals surface area (Å²) in [5.41, 5.74) is 1.76. The van der Waals surface area contributed by atoms with Crippen LogP contribution in [-0.2, 0) is 4.79 Å². The van der Waals surface area contributed by atoms with Gasteiger partial charge in [-0.25, -0.2) is 0 Å². The van der Waals surface area contributed by atoms with Crippen molar-refractivity contribution in [3.8, 4) is 11.5 Å². The lowest BCUT2D eigenvalue weighted by Crippen LogP contribution is -2.24. The van der Waals surface area contributed by atoms with E-state index in [0.29, 0.717) is 40.2 Å². The Morgan fingerprint density at radius 1 is 1.15 bits per heavy atom. The van der Waals surface area contributed by atoms with Crippen LogP contribution in [0.15, 0.2) is 40.9 Å². The van der Waals surface area contributed by atoms with E-state index in [-0.39, 0.29) is 11.8 Å². The van der Waals surface area contributed by atoms with Crippen molar-refractivity contribution in [1.82, 2.24) is 0 Å². The molecule has 7 heteroatoms. The quantitative estimate of drug-likeness (QED) is 0.800. The molecular formula is C19H19BrN2O4. The van der Waals surface area contributed by atoms with Crippen LogP contribution in [0.5, 0.6) is 11.5 Å². The zero-order valence-electron chi connectivity index (χ0n) is 14.5. The molecule has 2 aromatic rings. The molecule has 0 spiro atoms. The fourth-order valence-electron chi connectivity index (χ4n) is 2.89. The molecule has 1 N–H and O–H groups in total. The number of hydrogen-bond acceptors (Lipinski definition) is 4. The molecule has 0 aliphatic carbocycles. The summed E-state index contributed by atoms with van der Waals surface area (Å²) in [7, 11) is 3.10. The predicted octanol–water partition coefficient (Wildman–Crippen LogP) is 3.85. The van der Waals surface area contributed by atoms with E-state index in [2.05, 4.69) is 21.2 Å². The predicted molar refractivity (Wildman–Crippen MR) is 103 cm³/mol. The number of methoxy groups -OCH3 is 2. The van der Waals surface area contributed by atoms with Gasteiger partial charge in [0.05, 0.1) is 25.5 Å². The number of amides is 2. The minimum Gasteiger partial charge on any atom is -0.497 e. The highest BCUT2D eigenvalue weighted by Gasteiger charge is 2.24. The van der Waals surface area contributed by atoms with Crippen molar-refractivity contribution in [2.75, 3.05) is 31.0 Å². The van der Waals surface area contributed by atoms with Crippen LogP contribution < -0.4 is 19.7 Å². The van der Waals surface area contributed by atoms with E-state index in [0.717, 1.165) is 12.1 Å². The van der Waals surface area contributed by atoms with Gasteiger partial charge < -0.3 is 19.7 Å². The number of carbonyl (C=O) groups is 2. The van der Waals surface area contributed by atoms with Crippen LogP contribution in [-0.4, -0.2) is 32.6 Å². The molecule has 136 valence electrons. The van der Waals surface area contributed by atoms with Crippen LogP contribution in [0.25, 0.3) is 0 Å². The summed E-state index contributed by atoms with van der Waals surface area (Å²) in [6, 6.07) is 10.5. The molecule has 2 amide bonds. The number of hydrogen-bond donors (Lipinski definition) is 1. The Balaban J connectivity index is 1.84. The van der Waals surface area contributed by atoms with E-state index in [1.807, 2.05) is 0 Å².